The Morgan fingerprint density at radius 1 is 1.20 bits per heavy atom. The summed E-state index contributed by atoms with van der Waals surface area (Å²) >= 11 is 2.58. The van der Waals surface area contributed by atoms with Gasteiger partial charge in [0, 0.05) is 12.0 Å². The summed E-state index contributed by atoms with van der Waals surface area (Å²) < 4.78 is 5.58. The van der Waals surface area contributed by atoms with E-state index in [2.05, 4.69) is 32.6 Å². The van der Waals surface area contributed by atoms with Gasteiger partial charge in [0.05, 0.1) is 5.75 Å². The molecule has 3 aromatic rings. The number of aryl methyl sites for hydroxylation is 2. The van der Waals surface area contributed by atoms with Gasteiger partial charge in [0.15, 0.2) is 0 Å². The highest BCUT2D eigenvalue weighted by molar-refractivity contribution is 7.99. The molecule has 0 saturated carbocycles. The maximum atomic E-state index is 12.0. The third kappa shape index (κ3) is 4.86. The number of carbonyl (C=O) groups excluding carboxylic acids is 1. The number of carbonyl (C=O) groups is 1. The summed E-state index contributed by atoms with van der Waals surface area (Å²) in [6.45, 7) is 4.09. The molecule has 0 bridgehead atoms. The number of anilines is 1. The molecular formula is C16H17N5O2S2. The minimum atomic E-state index is -0.181. The molecule has 2 heterocycles. The molecule has 0 spiro atoms. The summed E-state index contributed by atoms with van der Waals surface area (Å²) in [4.78, 5) is 12.0. The van der Waals surface area contributed by atoms with Gasteiger partial charge in [-0.3, -0.25) is 10.1 Å². The zero-order valence-electron chi connectivity index (χ0n) is 13.9. The third-order valence-electron chi connectivity index (χ3n) is 3.21. The minimum absolute atomic E-state index is 0.165. The van der Waals surface area contributed by atoms with Gasteiger partial charge in [-0.1, -0.05) is 47.7 Å². The van der Waals surface area contributed by atoms with Crippen LogP contribution in [0.2, 0.25) is 0 Å². The quantitative estimate of drug-likeness (QED) is 0.631. The molecular weight excluding hydrogens is 358 g/mol. The van der Waals surface area contributed by atoms with Crippen LogP contribution in [-0.4, -0.2) is 32.1 Å². The predicted molar refractivity (Wildman–Crippen MR) is 97.7 cm³/mol. The van der Waals surface area contributed by atoms with Gasteiger partial charge < -0.3 is 4.42 Å². The van der Waals surface area contributed by atoms with Crippen molar-refractivity contribution in [1.29, 1.82) is 0 Å². The lowest BCUT2D eigenvalue weighted by atomic mass is 10.1. The van der Waals surface area contributed by atoms with Crippen LogP contribution in [0.5, 0.6) is 0 Å². The van der Waals surface area contributed by atoms with Gasteiger partial charge in [-0.15, -0.1) is 20.4 Å². The standard InChI is InChI=1S/C16H17N5O2S2/c1-3-4-13-18-20-15(25-13)17-12(22)9-24-16-21-19-14(23-16)11-7-5-10(2)6-8-11/h5-8H,3-4,9H2,1-2H3,(H,17,20,22). The number of nitrogens with zero attached hydrogens (tertiary/aromatic N) is 4. The molecule has 0 radical (unpaired) electrons. The first-order valence-corrected chi connectivity index (χ1v) is 9.60. The molecule has 3 rings (SSSR count). The summed E-state index contributed by atoms with van der Waals surface area (Å²) in [5.74, 6) is 0.425. The number of amides is 1. The van der Waals surface area contributed by atoms with E-state index in [1.807, 2.05) is 31.2 Å². The first kappa shape index (κ1) is 17.6. The fourth-order valence-corrected chi connectivity index (χ4v) is 3.40. The maximum Gasteiger partial charge on any atom is 0.277 e. The van der Waals surface area contributed by atoms with Crippen LogP contribution in [-0.2, 0) is 11.2 Å². The Balaban J connectivity index is 1.52. The number of nitrogens with one attached hydrogen (secondary N) is 1. The van der Waals surface area contributed by atoms with E-state index in [-0.39, 0.29) is 11.7 Å². The fourth-order valence-electron chi connectivity index (χ4n) is 1.98. The van der Waals surface area contributed by atoms with Crippen molar-refractivity contribution in [3.8, 4) is 11.5 Å². The van der Waals surface area contributed by atoms with Crippen LogP contribution in [0.4, 0.5) is 5.13 Å². The highest BCUT2D eigenvalue weighted by Crippen LogP contribution is 2.24. The van der Waals surface area contributed by atoms with Gasteiger partial charge in [0.2, 0.25) is 16.9 Å². The van der Waals surface area contributed by atoms with Crippen molar-refractivity contribution in [2.75, 3.05) is 11.1 Å². The van der Waals surface area contributed by atoms with Crippen LogP contribution < -0.4 is 5.32 Å². The Bertz CT molecular complexity index is 844. The molecule has 1 amide bonds. The van der Waals surface area contributed by atoms with Gasteiger partial charge in [-0.05, 0) is 25.5 Å². The number of aromatic nitrogens is 4. The Morgan fingerprint density at radius 3 is 2.76 bits per heavy atom. The van der Waals surface area contributed by atoms with E-state index in [4.69, 9.17) is 4.42 Å². The van der Waals surface area contributed by atoms with Crippen molar-refractivity contribution in [2.45, 2.75) is 31.9 Å². The maximum absolute atomic E-state index is 12.0. The van der Waals surface area contributed by atoms with E-state index in [1.54, 1.807) is 0 Å². The van der Waals surface area contributed by atoms with Gasteiger partial charge in [0.1, 0.15) is 5.01 Å². The van der Waals surface area contributed by atoms with Crippen molar-refractivity contribution < 1.29 is 9.21 Å². The first-order chi connectivity index (χ1) is 12.1. The molecule has 0 aliphatic rings. The SMILES string of the molecule is CCCc1nnc(NC(=O)CSc2nnc(-c3ccc(C)cc3)o2)s1. The molecule has 0 aliphatic carbocycles. The Morgan fingerprint density at radius 2 is 2.00 bits per heavy atom. The number of thioether (sulfide) groups is 1. The molecule has 0 aliphatic heterocycles. The smallest absolute Gasteiger partial charge is 0.277 e. The molecule has 1 N–H and O–H groups in total. The minimum Gasteiger partial charge on any atom is -0.411 e. The van der Waals surface area contributed by atoms with Crippen molar-refractivity contribution in [1.82, 2.24) is 20.4 Å². The molecule has 0 fully saturated rings. The van der Waals surface area contributed by atoms with E-state index < -0.39 is 0 Å². The van der Waals surface area contributed by atoms with E-state index >= 15 is 0 Å². The van der Waals surface area contributed by atoms with Crippen molar-refractivity contribution >= 4 is 34.1 Å². The highest BCUT2D eigenvalue weighted by Gasteiger charge is 2.12. The average Bonchev–Trinajstić information content (AvgIpc) is 3.24. The lowest BCUT2D eigenvalue weighted by molar-refractivity contribution is -0.113. The zero-order valence-corrected chi connectivity index (χ0v) is 15.5. The molecule has 2 aromatic heterocycles. The molecule has 0 saturated heterocycles. The normalized spacial score (nSPS) is 10.8. The predicted octanol–water partition coefficient (Wildman–Crippen LogP) is 3.58. The van der Waals surface area contributed by atoms with Crippen LogP contribution in [0.25, 0.3) is 11.5 Å². The van der Waals surface area contributed by atoms with Gasteiger partial charge >= 0.3 is 0 Å². The van der Waals surface area contributed by atoms with Crippen LogP contribution in [0.3, 0.4) is 0 Å². The highest BCUT2D eigenvalue weighted by atomic mass is 32.2. The summed E-state index contributed by atoms with van der Waals surface area (Å²) in [5.41, 5.74) is 2.01. The molecule has 0 unspecified atom stereocenters. The second-order valence-corrected chi connectivity index (χ2v) is 7.32. The van der Waals surface area contributed by atoms with Crippen molar-refractivity contribution in [3.05, 3.63) is 34.8 Å². The van der Waals surface area contributed by atoms with Crippen LogP contribution >= 0.6 is 23.1 Å². The van der Waals surface area contributed by atoms with Crippen LogP contribution in [0.1, 0.15) is 23.9 Å². The van der Waals surface area contributed by atoms with Crippen molar-refractivity contribution in [2.24, 2.45) is 0 Å². The van der Waals surface area contributed by atoms with E-state index in [0.717, 1.165) is 29.0 Å². The Labute approximate surface area is 153 Å². The molecule has 0 atom stereocenters. The van der Waals surface area contributed by atoms with Gasteiger partial charge in [0.25, 0.3) is 5.22 Å². The van der Waals surface area contributed by atoms with Gasteiger partial charge in [-0.2, -0.15) is 0 Å². The second kappa shape index (κ2) is 8.21. The number of benzene rings is 1. The first-order valence-electron chi connectivity index (χ1n) is 7.79. The molecule has 9 heteroatoms. The molecule has 130 valence electrons. The summed E-state index contributed by atoms with van der Waals surface area (Å²) in [6.07, 6.45) is 1.87. The summed E-state index contributed by atoms with van der Waals surface area (Å²) in [5, 5.41) is 20.5. The summed E-state index contributed by atoms with van der Waals surface area (Å²) in [7, 11) is 0. The van der Waals surface area contributed by atoms with E-state index in [0.29, 0.717) is 16.2 Å². The Hall–Kier alpha value is -2.26. The van der Waals surface area contributed by atoms with Crippen molar-refractivity contribution in [3.63, 3.8) is 0 Å². The Kier molecular flexibility index (Phi) is 5.77. The lowest BCUT2D eigenvalue weighted by Gasteiger charge is -1.98. The lowest BCUT2D eigenvalue weighted by Crippen LogP contribution is -2.13. The average molecular weight is 375 g/mol. The third-order valence-corrected chi connectivity index (χ3v) is 4.93. The van der Waals surface area contributed by atoms with Crippen LogP contribution in [0, 0.1) is 6.92 Å². The monoisotopic (exact) mass is 375 g/mol. The fraction of sp³-hybridized carbons (Fsp3) is 0.312. The molecule has 1 aromatic carbocycles. The summed E-state index contributed by atoms with van der Waals surface area (Å²) in [6, 6.07) is 7.81. The number of hydrogen-bond acceptors (Lipinski definition) is 8. The number of rotatable bonds is 7. The largest absolute Gasteiger partial charge is 0.411 e. The molecule has 7 nitrogen and oxygen atoms in total. The second-order valence-electron chi connectivity index (χ2n) is 5.33. The molecule has 25 heavy (non-hydrogen) atoms. The topological polar surface area (TPSA) is 93.8 Å². The van der Waals surface area contributed by atoms with E-state index in [1.165, 1.54) is 23.1 Å². The van der Waals surface area contributed by atoms with Crippen LogP contribution in [0.15, 0.2) is 33.9 Å². The van der Waals surface area contributed by atoms with E-state index in [9.17, 15) is 4.79 Å². The van der Waals surface area contributed by atoms with Gasteiger partial charge in [-0.25, -0.2) is 0 Å². The zero-order chi connectivity index (χ0) is 17.6. The number of hydrogen-bond donors (Lipinski definition) is 1.